The molecule has 2 aromatic carbocycles. The van der Waals surface area contributed by atoms with E-state index in [0.717, 1.165) is 12.1 Å². The van der Waals surface area contributed by atoms with Crippen LogP contribution in [-0.2, 0) is 4.79 Å². The van der Waals surface area contributed by atoms with Crippen molar-refractivity contribution >= 4 is 40.9 Å². The van der Waals surface area contributed by atoms with Gasteiger partial charge in [0.25, 0.3) is 0 Å². The van der Waals surface area contributed by atoms with Crippen LogP contribution in [0, 0.1) is 11.6 Å². The molecule has 0 aliphatic carbocycles. The van der Waals surface area contributed by atoms with Crippen LogP contribution < -0.4 is 5.32 Å². The third-order valence-corrected chi connectivity index (χ3v) is 5.19. The van der Waals surface area contributed by atoms with Gasteiger partial charge in [-0.3, -0.25) is 4.79 Å². The summed E-state index contributed by atoms with van der Waals surface area (Å²) < 4.78 is 26.5. The second-order valence-electron chi connectivity index (χ2n) is 5.26. The number of thioether (sulfide) groups is 1. The lowest BCUT2D eigenvalue weighted by Gasteiger charge is -2.16. The van der Waals surface area contributed by atoms with Crippen molar-refractivity contribution in [3.8, 4) is 0 Å². The molecular weight excluding hydrogens is 391 g/mol. The third-order valence-electron chi connectivity index (χ3n) is 3.36. The number of hydrogen-bond acceptors (Lipinski definition) is 3. The third kappa shape index (κ3) is 5.57. The second-order valence-corrected chi connectivity index (χ2v) is 7.49. The fourth-order valence-corrected chi connectivity index (χ4v) is 3.47. The fourth-order valence-electron chi connectivity index (χ4n) is 2.03. The van der Waals surface area contributed by atoms with Crippen LogP contribution in [0.15, 0.2) is 41.3 Å². The summed E-state index contributed by atoms with van der Waals surface area (Å²) in [5.74, 6) is -1.96. The molecule has 0 saturated heterocycles. The van der Waals surface area contributed by atoms with E-state index in [4.69, 9.17) is 23.2 Å². The number of aliphatic hydroxyl groups excluding tert-OH is 1. The van der Waals surface area contributed by atoms with E-state index in [1.54, 1.807) is 25.1 Å². The van der Waals surface area contributed by atoms with Gasteiger partial charge in [-0.15, -0.1) is 11.8 Å². The molecule has 0 saturated carbocycles. The molecule has 0 spiro atoms. The number of hydrogen-bond donors (Lipinski definition) is 2. The number of aliphatic hydroxyl groups is 1. The van der Waals surface area contributed by atoms with Crippen LogP contribution in [0.2, 0.25) is 10.0 Å². The van der Waals surface area contributed by atoms with Gasteiger partial charge in [0.2, 0.25) is 5.91 Å². The minimum absolute atomic E-state index is 0.0834. The number of rotatable bonds is 6. The number of amides is 1. The zero-order valence-electron chi connectivity index (χ0n) is 13.1. The molecule has 0 aromatic heterocycles. The number of nitrogens with one attached hydrogen (secondary N) is 1. The molecule has 2 N–H and O–H groups in total. The maximum atomic E-state index is 13.6. The number of carbonyl (C=O) groups is 1. The Morgan fingerprint density at radius 3 is 2.64 bits per heavy atom. The maximum Gasteiger partial charge on any atom is 0.233 e. The summed E-state index contributed by atoms with van der Waals surface area (Å²) in [5, 5.41) is 13.0. The van der Waals surface area contributed by atoms with Gasteiger partial charge in [-0.1, -0.05) is 29.3 Å². The van der Waals surface area contributed by atoms with Gasteiger partial charge in [-0.05, 0) is 31.2 Å². The SMILES string of the molecule is CC(Sc1cc(Cl)ccc1Cl)C(=O)NCC(O)c1ccc(F)cc1F. The van der Waals surface area contributed by atoms with Gasteiger partial charge in [0.1, 0.15) is 11.6 Å². The Labute approximate surface area is 158 Å². The van der Waals surface area contributed by atoms with Crippen LogP contribution >= 0.6 is 35.0 Å². The van der Waals surface area contributed by atoms with Crippen LogP contribution in [0.4, 0.5) is 8.78 Å². The van der Waals surface area contributed by atoms with E-state index in [0.29, 0.717) is 21.0 Å². The van der Waals surface area contributed by atoms with Crippen molar-refractivity contribution in [1.82, 2.24) is 5.32 Å². The van der Waals surface area contributed by atoms with E-state index >= 15 is 0 Å². The first kappa shape index (κ1) is 20.0. The zero-order chi connectivity index (χ0) is 18.6. The van der Waals surface area contributed by atoms with Crippen molar-refractivity contribution in [2.75, 3.05) is 6.54 Å². The van der Waals surface area contributed by atoms with Gasteiger partial charge < -0.3 is 10.4 Å². The Bertz CT molecular complexity index is 776. The summed E-state index contributed by atoms with van der Waals surface area (Å²) in [6.45, 7) is 1.47. The zero-order valence-corrected chi connectivity index (χ0v) is 15.4. The van der Waals surface area contributed by atoms with Gasteiger partial charge >= 0.3 is 0 Å². The smallest absolute Gasteiger partial charge is 0.233 e. The highest BCUT2D eigenvalue weighted by atomic mass is 35.5. The Morgan fingerprint density at radius 2 is 1.96 bits per heavy atom. The minimum Gasteiger partial charge on any atom is -0.386 e. The average molecular weight is 406 g/mol. The molecule has 0 fully saturated rings. The van der Waals surface area contributed by atoms with Gasteiger partial charge in [-0.2, -0.15) is 0 Å². The van der Waals surface area contributed by atoms with E-state index in [1.165, 1.54) is 11.8 Å². The van der Waals surface area contributed by atoms with Crippen molar-refractivity contribution in [1.29, 1.82) is 0 Å². The maximum absolute atomic E-state index is 13.6. The van der Waals surface area contributed by atoms with Gasteiger partial charge in [0, 0.05) is 28.1 Å². The van der Waals surface area contributed by atoms with Crippen LogP contribution in [0.5, 0.6) is 0 Å². The molecule has 25 heavy (non-hydrogen) atoms. The van der Waals surface area contributed by atoms with Crippen LogP contribution in [-0.4, -0.2) is 22.8 Å². The molecule has 2 rings (SSSR count). The first-order chi connectivity index (χ1) is 11.8. The first-order valence-corrected chi connectivity index (χ1v) is 8.94. The molecule has 3 nitrogen and oxygen atoms in total. The molecule has 0 aliphatic rings. The van der Waals surface area contributed by atoms with E-state index in [-0.39, 0.29) is 18.0 Å². The Hall–Kier alpha value is -1.34. The van der Waals surface area contributed by atoms with E-state index in [9.17, 15) is 18.7 Å². The standard InChI is InChI=1S/C17H15Cl2F2NO2S/c1-9(25-16-6-10(18)2-5-13(16)19)17(24)22-8-15(23)12-4-3-11(20)7-14(12)21/h2-7,9,15,23H,8H2,1H3,(H,22,24). The second kappa shape index (κ2) is 8.85. The van der Waals surface area contributed by atoms with Crippen molar-refractivity contribution < 1.29 is 18.7 Å². The highest BCUT2D eigenvalue weighted by Gasteiger charge is 2.19. The fraction of sp³-hybridized carbons (Fsp3) is 0.235. The largest absolute Gasteiger partial charge is 0.386 e. The van der Waals surface area contributed by atoms with Gasteiger partial charge in [0.15, 0.2) is 0 Å². The highest BCUT2D eigenvalue weighted by Crippen LogP contribution is 2.32. The normalized spacial score (nSPS) is 13.4. The number of halogens is 4. The average Bonchev–Trinajstić information content (AvgIpc) is 2.55. The highest BCUT2D eigenvalue weighted by molar-refractivity contribution is 8.00. The van der Waals surface area contributed by atoms with E-state index in [1.807, 2.05) is 0 Å². The molecule has 2 unspecified atom stereocenters. The van der Waals surface area contributed by atoms with Crippen LogP contribution in [0.3, 0.4) is 0 Å². The molecule has 0 radical (unpaired) electrons. The lowest BCUT2D eigenvalue weighted by atomic mass is 10.1. The topological polar surface area (TPSA) is 49.3 Å². The predicted molar refractivity (Wildman–Crippen MR) is 96.1 cm³/mol. The molecule has 2 aromatic rings. The van der Waals surface area contributed by atoms with Gasteiger partial charge in [0.05, 0.1) is 16.4 Å². The van der Waals surface area contributed by atoms with Crippen molar-refractivity contribution in [3.63, 3.8) is 0 Å². The number of carbonyl (C=O) groups excluding carboxylic acids is 1. The Balaban J connectivity index is 1.93. The molecule has 0 heterocycles. The van der Waals surface area contributed by atoms with E-state index < -0.39 is 23.0 Å². The summed E-state index contributed by atoms with van der Waals surface area (Å²) in [6, 6.07) is 7.81. The molecule has 134 valence electrons. The molecule has 1 amide bonds. The predicted octanol–water partition coefficient (Wildman–Crippen LogP) is 4.60. The Kier molecular flexibility index (Phi) is 7.07. The lowest BCUT2D eigenvalue weighted by molar-refractivity contribution is -0.120. The molecule has 0 aliphatic heterocycles. The summed E-state index contributed by atoms with van der Waals surface area (Å²) in [5.41, 5.74) is -0.0834. The summed E-state index contributed by atoms with van der Waals surface area (Å²) in [7, 11) is 0. The van der Waals surface area contributed by atoms with Crippen LogP contribution in [0.25, 0.3) is 0 Å². The Morgan fingerprint density at radius 1 is 1.24 bits per heavy atom. The molecule has 8 heteroatoms. The van der Waals surface area contributed by atoms with Crippen molar-refractivity contribution in [2.24, 2.45) is 0 Å². The number of benzene rings is 2. The molecule has 2 atom stereocenters. The minimum atomic E-state index is -1.28. The van der Waals surface area contributed by atoms with Crippen LogP contribution in [0.1, 0.15) is 18.6 Å². The van der Waals surface area contributed by atoms with E-state index in [2.05, 4.69) is 5.32 Å². The monoisotopic (exact) mass is 405 g/mol. The molecule has 0 bridgehead atoms. The van der Waals surface area contributed by atoms with Gasteiger partial charge in [-0.25, -0.2) is 8.78 Å². The summed E-state index contributed by atoms with van der Waals surface area (Å²) in [6.07, 6.45) is -1.28. The summed E-state index contributed by atoms with van der Waals surface area (Å²) >= 11 is 13.2. The molecular formula is C17H15Cl2F2NO2S. The summed E-state index contributed by atoms with van der Waals surface area (Å²) in [4.78, 5) is 12.8. The van der Waals surface area contributed by atoms with Crippen molar-refractivity contribution in [2.45, 2.75) is 23.2 Å². The van der Waals surface area contributed by atoms with Crippen molar-refractivity contribution in [3.05, 3.63) is 63.6 Å². The quantitative estimate of drug-likeness (QED) is 0.690. The first-order valence-electron chi connectivity index (χ1n) is 7.30. The lowest BCUT2D eigenvalue weighted by Crippen LogP contribution is -2.34.